The molecule has 1 aromatic heterocycles. The van der Waals surface area contributed by atoms with E-state index in [4.69, 9.17) is 4.98 Å². The number of nitrogens with zero attached hydrogens (tertiary/aromatic N) is 2. The van der Waals surface area contributed by atoms with Crippen LogP contribution in [-0.4, -0.2) is 9.55 Å². The van der Waals surface area contributed by atoms with Crippen LogP contribution in [0.5, 0.6) is 0 Å². The van der Waals surface area contributed by atoms with Gasteiger partial charge in [-0.2, -0.15) is 0 Å². The predicted molar refractivity (Wildman–Crippen MR) is 126 cm³/mol. The smallest absolute Gasteiger partial charge is 0.146 e. The van der Waals surface area contributed by atoms with E-state index in [1.807, 2.05) is 0 Å². The summed E-state index contributed by atoms with van der Waals surface area (Å²) in [5.74, 6) is 1.07. The number of para-hydroxylation sites is 1. The van der Waals surface area contributed by atoms with Crippen LogP contribution in [-0.2, 0) is 12.8 Å². The van der Waals surface area contributed by atoms with Crippen LogP contribution in [0.3, 0.4) is 0 Å². The standard InChI is InChI=1S/C28H24N2/c1-19-21-13-5-7-15-23(21)27(24-16-8-6-14-22(19)24)28-29-25-17-9-10-18-26(25)30(28)20-11-3-2-4-12-20/h2-5,7-8,10-13,15-16,18H,6,9,14,17H2,1H3. The van der Waals surface area contributed by atoms with Gasteiger partial charge in [0, 0.05) is 11.3 Å². The lowest BCUT2D eigenvalue weighted by atomic mass is 9.84. The summed E-state index contributed by atoms with van der Waals surface area (Å²) in [6.07, 6.45) is 13.4. The molecule has 2 heteroatoms. The van der Waals surface area contributed by atoms with Crippen molar-refractivity contribution in [3.05, 3.63) is 94.8 Å². The lowest BCUT2D eigenvalue weighted by Crippen LogP contribution is -2.06. The van der Waals surface area contributed by atoms with Gasteiger partial charge in [-0.25, -0.2) is 4.98 Å². The lowest BCUT2D eigenvalue weighted by Gasteiger charge is -2.22. The maximum Gasteiger partial charge on any atom is 0.146 e. The van der Waals surface area contributed by atoms with Gasteiger partial charge >= 0.3 is 0 Å². The zero-order valence-corrected chi connectivity index (χ0v) is 17.2. The summed E-state index contributed by atoms with van der Waals surface area (Å²) in [6.45, 7) is 2.28. The second kappa shape index (κ2) is 6.84. The van der Waals surface area contributed by atoms with Crippen molar-refractivity contribution in [2.24, 2.45) is 0 Å². The molecule has 3 aromatic carbocycles. The average Bonchev–Trinajstić information content (AvgIpc) is 3.19. The highest BCUT2D eigenvalue weighted by Crippen LogP contribution is 2.41. The molecular weight excluding hydrogens is 364 g/mol. The normalized spacial score (nSPS) is 14.7. The fourth-order valence-electron chi connectivity index (χ4n) is 5.12. The van der Waals surface area contributed by atoms with Crippen molar-refractivity contribution in [3.63, 3.8) is 0 Å². The molecule has 0 saturated heterocycles. The number of hydrogen-bond donors (Lipinski definition) is 0. The van der Waals surface area contributed by atoms with E-state index in [0.717, 1.165) is 31.5 Å². The summed E-state index contributed by atoms with van der Waals surface area (Å²) in [5.41, 5.74) is 9.11. The molecule has 2 nitrogen and oxygen atoms in total. The molecule has 2 aliphatic rings. The number of fused-ring (bicyclic) bond motifs is 3. The molecule has 0 fully saturated rings. The van der Waals surface area contributed by atoms with Crippen LogP contribution in [0.2, 0.25) is 0 Å². The van der Waals surface area contributed by atoms with Gasteiger partial charge in [-0.3, -0.25) is 4.57 Å². The van der Waals surface area contributed by atoms with Crippen molar-refractivity contribution in [3.8, 4) is 17.1 Å². The van der Waals surface area contributed by atoms with Gasteiger partial charge in [0.2, 0.25) is 0 Å². The Hall–Kier alpha value is -3.39. The zero-order chi connectivity index (χ0) is 20.1. The van der Waals surface area contributed by atoms with Crippen LogP contribution < -0.4 is 0 Å². The Kier molecular flexibility index (Phi) is 3.98. The predicted octanol–water partition coefficient (Wildman–Crippen LogP) is 6.92. The third-order valence-electron chi connectivity index (χ3n) is 6.54. The van der Waals surface area contributed by atoms with Gasteiger partial charge in [-0.15, -0.1) is 0 Å². The van der Waals surface area contributed by atoms with Gasteiger partial charge in [-0.1, -0.05) is 60.7 Å². The highest BCUT2D eigenvalue weighted by atomic mass is 15.1. The van der Waals surface area contributed by atoms with E-state index in [9.17, 15) is 0 Å². The van der Waals surface area contributed by atoms with Crippen molar-refractivity contribution in [1.82, 2.24) is 9.55 Å². The minimum Gasteiger partial charge on any atom is -0.293 e. The molecule has 0 bridgehead atoms. The van der Waals surface area contributed by atoms with E-state index in [0.29, 0.717) is 0 Å². The number of benzene rings is 3. The molecule has 0 atom stereocenters. The summed E-state index contributed by atoms with van der Waals surface area (Å²) >= 11 is 0. The van der Waals surface area contributed by atoms with Crippen molar-refractivity contribution >= 4 is 22.9 Å². The maximum absolute atomic E-state index is 5.26. The van der Waals surface area contributed by atoms with E-state index < -0.39 is 0 Å². The molecule has 30 heavy (non-hydrogen) atoms. The first-order valence-corrected chi connectivity index (χ1v) is 10.9. The molecule has 0 saturated carbocycles. The molecule has 146 valence electrons. The zero-order valence-electron chi connectivity index (χ0n) is 17.2. The molecule has 0 N–H and O–H groups in total. The average molecular weight is 389 g/mol. The third-order valence-corrected chi connectivity index (χ3v) is 6.54. The highest BCUT2D eigenvalue weighted by molar-refractivity contribution is 6.03. The Balaban J connectivity index is 1.77. The molecule has 0 aliphatic heterocycles. The second-order valence-electron chi connectivity index (χ2n) is 8.26. The van der Waals surface area contributed by atoms with Crippen LogP contribution in [0.25, 0.3) is 40.0 Å². The second-order valence-corrected chi connectivity index (χ2v) is 8.26. The SMILES string of the molecule is Cc1c2c(c(-c3nc4c(n3-c3ccccc3)C=CCC4)c3ccccc13)C=CCC2. The lowest BCUT2D eigenvalue weighted by molar-refractivity contribution is 0.936. The molecule has 0 amide bonds. The van der Waals surface area contributed by atoms with Crippen molar-refractivity contribution < 1.29 is 0 Å². The first-order chi connectivity index (χ1) is 14.8. The quantitative estimate of drug-likeness (QED) is 0.364. The van der Waals surface area contributed by atoms with Crippen LogP contribution in [0.4, 0.5) is 0 Å². The van der Waals surface area contributed by atoms with Crippen LogP contribution >= 0.6 is 0 Å². The van der Waals surface area contributed by atoms with Crippen molar-refractivity contribution in [2.75, 3.05) is 0 Å². The number of aryl methyl sites for hydroxylation is 2. The maximum atomic E-state index is 5.26. The van der Waals surface area contributed by atoms with Crippen LogP contribution in [0, 0.1) is 6.92 Å². The molecule has 6 rings (SSSR count). The number of hydrogen-bond acceptors (Lipinski definition) is 1. The Morgan fingerprint density at radius 1 is 0.800 bits per heavy atom. The van der Waals surface area contributed by atoms with Gasteiger partial charge in [0.1, 0.15) is 5.82 Å². The Bertz CT molecular complexity index is 1340. The minimum absolute atomic E-state index is 1.00. The van der Waals surface area contributed by atoms with Crippen LogP contribution in [0.15, 0.2) is 66.7 Å². The summed E-state index contributed by atoms with van der Waals surface area (Å²) < 4.78 is 2.37. The number of allylic oxidation sites excluding steroid dienone is 2. The van der Waals surface area contributed by atoms with E-state index in [1.54, 1.807) is 0 Å². The van der Waals surface area contributed by atoms with Crippen molar-refractivity contribution in [2.45, 2.75) is 32.6 Å². The fraction of sp³-hybridized carbons (Fsp3) is 0.179. The molecule has 2 aliphatic carbocycles. The largest absolute Gasteiger partial charge is 0.293 e. The van der Waals surface area contributed by atoms with E-state index in [1.165, 1.54) is 50.1 Å². The Labute approximate surface area is 177 Å². The molecule has 4 aromatic rings. The first-order valence-electron chi connectivity index (χ1n) is 10.9. The Morgan fingerprint density at radius 2 is 1.53 bits per heavy atom. The van der Waals surface area contributed by atoms with Gasteiger partial charge in [0.25, 0.3) is 0 Å². The topological polar surface area (TPSA) is 17.8 Å². The number of imidazole rings is 1. The molecule has 0 spiro atoms. The van der Waals surface area contributed by atoms with Crippen LogP contribution in [0.1, 0.15) is 40.9 Å². The highest BCUT2D eigenvalue weighted by Gasteiger charge is 2.25. The third kappa shape index (κ3) is 2.53. The molecule has 0 unspecified atom stereocenters. The van der Waals surface area contributed by atoms with Crippen molar-refractivity contribution in [1.29, 1.82) is 0 Å². The monoisotopic (exact) mass is 388 g/mol. The van der Waals surface area contributed by atoms with Gasteiger partial charge in [0.15, 0.2) is 0 Å². The van der Waals surface area contributed by atoms with Gasteiger partial charge in [-0.05, 0) is 78.3 Å². The van der Waals surface area contributed by atoms with Gasteiger partial charge < -0.3 is 0 Å². The minimum atomic E-state index is 1.00. The number of rotatable bonds is 2. The summed E-state index contributed by atoms with van der Waals surface area (Å²) in [5, 5.41) is 2.64. The first kappa shape index (κ1) is 17.5. The van der Waals surface area contributed by atoms with E-state index in [2.05, 4.69) is 90.4 Å². The molecule has 1 heterocycles. The summed E-state index contributed by atoms with van der Waals surface area (Å²) in [7, 11) is 0. The number of aromatic nitrogens is 2. The fourth-order valence-corrected chi connectivity index (χ4v) is 5.12. The summed E-state index contributed by atoms with van der Waals surface area (Å²) in [6, 6.07) is 19.5. The summed E-state index contributed by atoms with van der Waals surface area (Å²) in [4.78, 5) is 5.26. The van der Waals surface area contributed by atoms with E-state index >= 15 is 0 Å². The van der Waals surface area contributed by atoms with Gasteiger partial charge in [0.05, 0.1) is 11.4 Å². The molecular formula is C28H24N2. The Morgan fingerprint density at radius 3 is 2.40 bits per heavy atom. The molecule has 0 radical (unpaired) electrons. The van der Waals surface area contributed by atoms with E-state index in [-0.39, 0.29) is 0 Å².